The summed E-state index contributed by atoms with van der Waals surface area (Å²) in [7, 11) is 0. The summed E-state index contributed by atoms with van der Waals surface area (Å²) in [6, 6.07) is 7.37. The molecular weight excluding hydrogens is 206 g/mol. The van der Waals surface area contributed by atoms with Crippen LogP contribution in [0.4, 0.5) is 8.78 Å². The molecule has 0 bridgehead atoms. The van der Waals surface area contributed by atoms with Crippen molar-refractivity contribution in [3.63, 3.8) is 0 Å². The molecule has 0 spiro atoms. The van der Waals surface area contributed by atoms with E-state index in [4.69, 9.17) is 9.52 Å². The van der Waals surface area contributed by atoms with Crippen molar-refractivity contribution in [2.24, 2.45) is 0 Å². The molecule has 0 aliphatic heterocycles. The van der Waals surface area contributed by atoms with Crippen LogP contribution in [0.25, 0.3) is 11.0 Å². The van der Waals surface area contributed by atoms with E-state index in [0.717, 1.165) is 6.07 Å². The van der Waals surface area contributed by atoms with Gasteiger partial charge in [-0.25, -0.2) is 4.79 Å². The highest BCUT2D eigenvalue weighted by Gasteiger charge is 2.44. The lowest BCUT2D eigenvalue weighted by molar-refractivity contribution is -0.168. The Morgan fingerprint density at radius 1 is 1.33 bits per heavy atom. The Kier molecular flexibility index (Phi) is 1.96. The fraction of sp³-hybridized carbons (Fsp3) is 0.100. The van der Waals surface area contributed by atoms with Crippen molar-refractivity contribution in [1.82, 2.24) is 0 Å². The number of benzene rings is 1. The van der Waals surface area contributed by atoms with E-state index < -0.39 is 17.7 Å². The van der Waals surface area contributed by atoms with Gasteiger partial charge in [0.2, 0.25) is 0 Å². The molecule has 1 aromatic heterocycles. The predicted octanol–water partition coefficient (Wildman–Crippen LogP) is 2.61. The number of carboxylic acids is 1. The second kappa shape index (κ2) is 3.05. The van der Waals surface area contributed by atoms with Crippen molar-refractivity contribution >= 4 is 16.9 Å². The van der Waals surface area contributed by atoms with Gasteiger partial charge in [-0.3, -0.25) is 0 Å². The van der Waals surface area contributed by atoms with Crippen LogP contribution in [0.1, 0.15) is 5.76 Å². The van der Waals surface area contributed by atoms with E-state index in [0.29, 0.717) is 5.39 Å². The molecule has 0 amide bonds. The van der Waals surface area contributed by atoms with Crippen molar-refractivity contribution in [1.29, 1.82) is 0 Å². The highest BCUT2D eigenvalue weighted by molar-refractivity contribution is 5.82. The largest absolute Gasteiger partial charge is 0.476 e. The van der Waals surface area contributed by atoms with Crippen LogP contribution in [0.3, 0.4) is 0 Å². The van der Waals surface area contributed by atoms with E-state index in [9.17, 15) is 13.6 Å². The smallest absolute Gasteiger partial charge is 0.399 e. The van der Waals surface area contributed by atoms with Crippen LogP contribution < -0.4 is 0 Å². The third kappa shape index (κ3) is 1.45. The number of carboxylic acid groups (broad SMARTS) is 1. The van der Waals surface area contributed by atoms with Gasteiger partial charge in [0.25, 0.3) is 0 Å². The molecule has 0 radical (unpaired) electrons. The summed E-state index contributed by atoms with van der Waals surface area (Å²) in [6.07, 6.45) is 0. The van der Waals surface area contributed by atoms with Crippen LogP contribution in [-0.4, -0.2) is 11.1 Å². The molecule has 0 saturated carbocycles. The number of aliphatic carboxylic acids is 1. The van der Waals surface area contributed by atoms with Gasteiger partial charge in [0.05, 0.1) is 0 Å². The molecule has 0 fully saturated rings. The summed E-state index contributed by atoms with van der Waals surface area (Å²) in [6.45, 7) is 0. The van der Waals surface area contributed by atoms with Gasteiger partial charge in [0.1, 0.15) is 5.58 Å². The fourth-order valence-electron chi connectivity index (χ4n) is 1.24. The van der Waals surface area contributed by atoms with Crippen molar-refractivity contribution in [3.8, 4) is 0 Å². The first-order valence-corrected chi connectivity index (χ1v) is 4.12. The van der Waals surface area contributed by atoms with E-state index >= 15 is 0 Å². The van der Waals surface area contributed by atoms with Gasteiger partial charge in [-0.05, 0) is 12.1 Å². The lowest BCUT2D eigenvalue weighted by Gasteiger charge is -2.05. The molecule has 0 atom stereocenters. The minimum absolute atomic E-state index is 0.244. The van der Waals surface area contributed by atoms with Gasteiger partial charge >= 0.3 is 11.9 Å². The Morgan fingerprint density at radius 2 is 2.00 bits per heavy atom. The summed E-state index contributed by atoms with van der Waals surface area (Å²) >= 11 is 0. The summed E-state index contributed by atoms with van der Waals surface area (Å²) in [4.78, 5) is 10.3. The third-order valence-corrected chi connectivity index (χ3v) is 2.00. The SMILES string of the molecule is O=C(O)C(F)(F)c1cc2ccccc2o1. The summed E-state index contributed by atoms with van der Waals surface area (Å²) < 4.78 is 30.8. The molecule has 1 heterocycles. The van der Waals surface area contributed by atoms with Gasteiger partial charge in [0.15, 0.2) is 5.76 Å². The van der Waals surface area contributed by atoms with Crippen LogP contribution in [0.5, 0.6) is 0 Å². The molecule has 0 aliphatic rings. The Bertz CT molecular complexity index is 483. The molecule has 0 aliphatic carbocycles. The highest BCUT2D eigenvalue weighted by atomic mass is 19.3. The Balaban J connectivity index is 2.58. The van der Waals surface area contributed by atoms with Gasteiger partial charge in [-0.1, -0.05) is 18.2 Å². The first-order valence-electron chi connectivity index (χ1n) is 4.12. The Labute approximate surface area is 82.9 Å². The van der Waals surface area contributed by atoms with E-state index in [1.807, 2.05) is 0 Å². The second-order valence-corrected chi connectivity index (χ2v) is 3.03. The van der Waals surface area contributed by atoms with Crippen LogP contribution in [-0.2, 0) is 10.7 Å². The number of hydrogen-bond donors (Lipinski definition) is 1. The van der Waals surface area contributed by atoms with E-state index in [-0.39, 0.29) is 5.58 Å². The average molecular weight is 212 g/mol. The molecule has 0 saturated heterocycles. The molecule has 2 rings (SSSR count). The number of alkyl halides is 2. The molecule has 1 N–H and O–H groups in total. The van der Waals surface area contributed by atoms with Crippen LogP contribution in [0.15, 0.2) is 34.7 Å². The van der Waals surface area contributed by atoms with Crippen LogP contribution >= 0.6 is 0 Å². The second-order valence-electron chi connectivity index (χ2n) is 3.03. The van der Waals surface area contributed by atoms with Crippen LogP contribution in [0, 0.1) is 0 Å². The molecule has 3 nitrogen and oxygen atoms in total. The van der Waals surface area contributed by atoms with Crippen molar-refractivity contribution < 1.29 is 23.1 Å². The number of carbonyl (C=O) groups is 1. The molecule has 15 heavy (non-hydrogen) atoms. The molecule has 1 aromatic carbocycles. The number of halogens is 2. The van der Waals surface area contributed by atoms with Crippen molar-refractivity contribution in [2.45, 2.75) is 5.92 Å². The minimum Gasteiger partial charge on any atom is -0.476 e. The van der Waals surface area contributed by atoms with Crippen molar-refractivity contribution in [2.75, 3.05) is 0 Å². The Morgan fingerprint density at radius 3 is 2.60 bits per heavy atom. The predicted molar refractivity (Wildman–Crippen MR) is 47.7 cm³/mol. The normalized spacial score (nSPS) is 11.9. The first-order chi connectivity index (χ1) is 7.01. The number of furan rings is 1. The summed E-state index contributed by atoms with van der Waals surface area (Å²) in [5.74, 6) is -7.06. The molecule has 0 unspecified atom stereocenters. The topological polar surface area (TPSA) is 50.4 Å². The van der Waals surface area contributed by atoms with Gasteiger partial charge in [-0.2, -0.15) is 8.78 Å². The average Bonchev–Trinajstić information content (AvgIpc) is 2.61. The van der Waals surface area contributed by atoms with E-state index in [1.165, 1.54) is 6.07 Å². The van der Waals surface area contributed by atoms with Crippen molar-refractivity contribution in [3.05, 3.63) is 36.1 Å². The number of fused-ring (bicyclic) bond motifs is 1. The molecule has 2 aromatic rings. The monoisotopic (exact) mass is 212 g/mol. The lowest BCUT2D eigenvalue weighted by atomic mass is 10.2. The zero-order valence-corrected chi connectivity index (χ0v) is 7.41. The standard InChI is InChI=1S/C10H6F2O3/c11-10(12,9(13)14)8-5-6-3-1-2-4-7(6)15-8/h1-5H,(H,13,14). The molecule has 5 heteroatoms. The zero-order valence-electron chi connectivity index (χ0n) is 7.41. The molecule has 78 valence electrons. The van der Waals surface area contributed by atoms with Crippen LogP contribution in [0.2, 0.25) is 0 Å². The van der Waals surface area contributed by atoms with E-state index in [1.54, 1.807) is 18.2 Å². The number of para-hydroxylation sites is 1. The maximum absolute atomic E-state index is 13.0. The van der Waals surface area contributed by atoms with Gasteiger partial charge < -0.3 is 9.52 Å². The fourth-order valence-corrected chi connectivity index (χ4v) is 1.24. The summed E-state index contributed by atoms with van der Waals surface area (Å²) in [5, 5.41) is 8.76. The minimum atomic E-state index is -3.99. The molecular formula is C10H6F2O3. The Hall–Kier alpha value is -1.91. The maximum atomic E-state index is 13.0. The lowest BCUT2D eigenvalue weighted by Crippen LogP contribution is -2.24. The third-order valence-electron chi connectivity index (χ3n) is 2.00. The highest BCUT2D eigenvalue weighted by Crippen LogP contribution is 2.32. The van der Waals surface area contributed by atoms with Gasteiger partial charge in [-0.15, -0.1) is 0 Å². The first kappa shape index (κ1) is 9.64. The van der Waals surface area contributed by atoms with Gasteiger partial charge in [0, 0.05) is 5.39 Å². The maximum Gasteiger partial charge on any atom is 0.399 e. The quantitative estimate of drug-likeness (QED) is 0.832. The summed E-state index contributed by atoms with van der Waals surface area (Å²) in [5.41, 5.74) is 0.244. The number of hydrogen-bond acceptors (Lipinski definition) is 2. The zero-order chi connectivity index (χ0) is 11.1. The number of rotatable bonds is 2. The van der Waals surface area contributed by atoms with E-state index in [2.05, 4.69) is 0 Å².